The van der Waals surface area contributed by atoms with E-state index < -0.39 is 0 Å². The van der Waals surface area contributed by atoms with Crippen molar-refractivity contribution in [3.8, 4) is 5.88 Å². The molecule has 2 N–H and O–H groups in total. The first-order chi connectivity index (χ1) is 12.6. The lowest BCUT2D eigenvalue weighted by Gasteiger charge is -2.20. The molecule has 140 valence electrons. The van der Waals surface area contributed by atoms with E-state index in [4.69, 9.17) is 9.73 Å². The highest BCUT2D eigenvalue weighted by Crippen LogP contribution is 2.17. The molecule has 5 nitrogen and oxygen atoms in total. The minimum atomic E-state index is 0.343. The van der Waals surface area contributed by atoms with Crippen molar-refractivity contribution in [3.05, 3.63) is 59.8 Å². The maximum atomic E-state index is 5.91. The Labute approximate surface area is 156 Å². The lowest BCUT2D eigenvalue weighted by Crippen LogP contribution is -2.44. The lowest BCUT2D eigenvalue weighted by molar-refractivity contribution is 0.290. The zero-order valence-electron chi connectivity index (χ0n) is 16.2. The molecule has 5 heteroatoms. The molecule has 0 bridgehead atoms. The maximum Gasteiger partial charge on any atom is 0.218 e. The molecule has 0 aliphatic carbocycles. The summed E-state index contributed by atoms with van der Waals surface area (Å²) in [6, 6.07) is 14.4. The zero-order chi connectivity index (χ0) is 18.8. The summed E-state index contributed by atoms with van der Waals surface area (Å²) in [5.74, 6) is 1.97. The van der Waals surface area contributed by atoms with Crippen LogP contribution in [0.2, 0.25) is 0 Å². The van der Waals surface area contributed by atoms with Crippen molar-refractivity contribution in [2.45, 2.75) is 46.9 Å². The van der Waals surface area contributed by atoms with Crippen LogP contribution in [0.5, 0.6) is 5.88 Å². The summed E-state index contributed by atoms with van der Waals surface area (Å²) >= 11 is 0. The molecule has 0 fully saturated rings. The van der Waals surface area contributed by atoms with E-state index in [1.807, 2.05) is 42.5 Å². The van der Waals surface area contributed by atoms with Gasteiger partial charge in [-0.25, -0.2) is 9.98 Å². The van der Waals surface area contributed by atoms with Gasteiger partial charge in [-0.1, -0.05) is 50.2 Å². The number of nitrogens with zero attached hydrogens (tertiary/aromatic N) is 2. The second kappa shape index (κ2) is 10.4. The van der Waals surface area contributed by atoms with E-state index in [2.05, 4.69) is 43.3 Å². The second-order valence-electron chi connectivity index (χ2n) is 6.61. The molecular weight excluding hydrogens is 324 g/mol. The van der Waals surface area contributed by atoms with Gasteiger partial charge < -0.3 is 15.4 Å². The van der Waals surface area contributed by atoms with Gasteiger partial charge in [0.2, 0.25) is 5.88 Å². The molecule has 0 amide bonds. The van der Waals surface area contributed by atoms with Gasteiger partial charge in [-0.05, 0) is 31.4 Å². The van der Waals surface area contributed by atoms with Gasteiger partial charge in [0, 0.05) is 24.3 Å². The lowest BCUT2D eigenvalue weighted by atomic mass is 10.1. The number of aliphatic imine (C=N–C) groups is 1. The molecule has 26 heavy (non-hydrogen) atoms. The Kier molecular flexibility index (Phi) is 7.93. The van der Waals surface area contributed by atoms with E-state index >= 15 is 0 Å². The smallest absolute Gasteiger partial charge is 0.218 e. The van der Waals surface area contributed by atoms with Gasteiger partial charge in [-0.3, -0.25) is 0 Å². The molecule has 2 rings (SSSR count). The van der Waals surface area contributed by atoms with E-state index in [0.717, 1.165) is 23.6 Å². The summed E-state index contributed by atoms with van der Waals surface area (Å²) in [7, 11) is 0. The van der Waals surface area contributed by atoms with Crippen molar-refractivity contribution in [1.29, 1.82) is 0 Å². The van der Waals surface area contributed by atoms with Gasteiger partial charge in [-0.2, -0.15) is 0 Å². The van der Waals surface area contributed by atoms with Gasteiger partial charge in [0.1, 0.15) is 6.61 Å². The van der Waals surface area contributed by atoms with E-state index in [0.29, 0.717) is 31.0 Å². The first-order valence-corrected chi connectivity index (χ1v) is 9.25. The summed E-state index contributed by atoms with van der Waals surface area (Å²) in [6.45, 7) is 10.4. The second-order valence-corrected chi connectivity index (χ2v) is 6.61. The first kappa shape index (κ1) is 19.8. The number of guanidine groups is 1. The Morgan fingerprint density at radius 3 is 2.58 bits per heavy atom. The van der Waals surface area contributed by atoms with E-state index in [1.165, 1.54) is 0 Å². The molecule has 1 heterocycles. The predicted molar refractivity (Wildman–Crippen MR) is 107 cm³/mol. The van der Waals surface area contributed by atoms with Gasteiger partial charge in [-0.15, -0.1) is 0 Å². The van der Waals surface area contributed by atoms with Crippen molar-refractivity contribution in [2.24, 2.45) is 10.9 Å². The van der Waals surface area contributed by atoms with Crippen LogP contribution in [-0.4, -0.2) is 23.5 Å². The zero-order valence-corrected chi connectivity index (χ0v) is 16.2. The molecule has 0 spiro atoms. The largest absolute Gasteiger partial charge is 0.473 e. The number of rotatable bonds is 8. The summed E-state index contributed by atoms with van der Waals surface area (Å²) in [5.41, 5.74) is 2.09. The molecule has 1 unspecified atom stereocenters. The fraction of sp³-hybridized carbons (Fsp3) is 0.429. The number of hydrogen-bond acceptors (Lipinski definition) is 3. The normalized spacial score (nSPS) is 12.7. The number of nitrogens with one attached hydrogen (secondary N) is 2. The Morgan fingerprint density at radius 2 is 1.88 bits per heavy atom. The third kappa shape index (κ3) is 6.39. The molecule has 0 aliphatic rings. The highest BCUT2D eigenvalue weighted by atomic mass is 16.5. The Bertz CT molecular complexity index is 685. The van der Waals surface area contributed by atoms with Crippen LogP contribution >= 0.6 is 0 Å². The maximum absolute atomic E-state index is 5.91. The van der Waals surface area contributed by atoms with Crippen LogP contribution in [0.15, 0.2) is 53.7 Å². The third-order valence-corrected chi connectivity index (χ3v) is 4.18. The average Bonchev–Trinajstić information content (AvgIpc) is 2.66. The minimum absolute atomic E-state index is 0.343. The van der Waals surface area contributed by atoms with Crippen LogP contribution in [0.25, 0.3) is 0 Å². The molecule has 2 aromatic rings. The Hall–Kier alpha value is -2.56. The van der Waals surface area contributed by atoms with Crippen molar-refractivity contribution >= 4 is 5.96 Å². The minimum Gasteiger partial charge on any atom is -0.473 e. The summed E-state index contributed by atoms with van der Waals surface area (Å²) in [5, 5.41) is 6.74. The van der Waals surface area contributed by atoms with E-state index in [-0.39, 0.29) is 0 Å². The molecular formula is C21H30N4O. The van der Waals surface area contributed by atoms with Crippen LogP contribution in [0.4, 0.5) is 0 Å². The predicted octanol–water partition coefficient (Wildman–Crippen LogP) is 3.76. The molecule has 0 saturated carbocycles. The van der Waals surface area contributed by atoms with Crippen molar-refractivity contribution < 1.29 is 4.74 Å². The van der Waals surface area contributed by atoms with Crippen molar-refractivity contribution in [3.63, 3.8) is 0 Å². The molecule has 1 aromatic carbocycles. The number of aromatic nitrogens is 1. The number of ether oxygens (including phenoxy) is 1. The average molecular weight is 354 g/mol. The van der Waals surface area contributed by atoms with Crippen LogP contribution in [0, 0.1) is 5.92 Å². The summed E-state index contributed by atoms with van der Waals surface area (Å²) < 4.78 is 5.91. The Morgan fingerprint density at radius 1 is 1.12 bits per heavy atom. The molecule has 0 aliphatic heterocycles. The quantitative estimate of drug-likeness (QED) is 0.560. The van der Waals surface area contributed by atoms with Crippen LogP contribution in [0.3, 0.4) is 0 Å². The number of hydrogen-bond donors (Lipinski definition) is 2. The van der Waals surface area contributed by atoms with Crippen LogP contribution < -0.4 is 15.4 Å². The van der Waals surface area contributed by atoms with Gasteiger partial charge >= 0.3 is 0 Å². The first-order valence-electron chi connectivity index (χ1n) is 9.25. The summed E-state index contributed by atoms with van der Waals surface area (Å²) in [6.07, 6.45) is 1.75. The SMILES string of the molecule is CCNC(=NCc1cccnc1OCc1ccccc1)NC(C)C(C)C. The van der Waals surface area contributed by atoms with Crippen LogP contribution in [0.1, 0.15) is 38.8 Å². The fourth-order valence-corrected chi connectivity index (χ4v) is 2.27. The monoisotopic (exact) mass is 354 g/mol. The summed E-state index contributed by atoms with van der Waals surface area (Å²) in [4.78, 5) is 9.07. The number of benzene rings is 1. The third-order valence-electron chi connectivity index (χ3n) is 4.18. The highest BCUT2D eigenvalue weighted by molar-refractivity contribution is 5.80. The molecule has 1 aromatic heterocycles. The topological polar surface area (TPSA) is 58.5 Å². The van der Waals surface area contributed by atoms with Crippen molar-refractivity contribution in [1.82, 2.24) is 15.6 Å². The van der Waals surface area contributed by atoms with Gasteiger partial charge in [0.05, 0.1) is 6.54 Å². The highest BCUT2D eigenvalue weighted by Gasteiger charge is 2.10. The number of pyridine rings is 1. The molecule has 1 atom stereocenters. The van der Waals surface area contributed by atoms with Crippen molar-refractivity contribution in [2.75, 3.05) is 6.54 Å². The molecule has 0 radical (unpaired) electrons. The van der Waals surface area contributed by atoms with Gasteiger partial charge in [0.25, 0.3) is 0 Å². The van der Waals surface area contributed by atoms with Crippen LogP contribution in [-0.2, 0) is 13.2 Å². The van der Waals surface area contributed by atoms with E-state index in [9.17, 15) is 0 Å². The standard InChI is InChI=1S/C21H30N4O/c1-5-22-21(25-17(4)16(2)3)24-14-19-12-9-13-23-20(19)26-15-18-10-7-6-8-11-18/h6-13,16-17H,5,14-15H2,1-4H3,(H2,22,24,25). The Balaban J connectivity index is 2.05. The van der Waals surface area contributed by atoms with E-state index in [1.54, 1.807) is 6.20 Å². The fourth-order valence-electron chi connectivity index (χ4n) is 2.27. The molecule has 0 saturated heterocycles. The van der Waals surface area contributed by atoms with Gasteiger partial charge in [0.15, 0.2) is 5.96 Å².